The number of carbonyl (C=O) groups is 2. The van der Waals surface area contributed by atoms with Gasteiger partial charge in [-0.3, -0.25) is 0 Å². The monoisotopic (exact) mass is 692 g/mol. The number of nitrogens with zero attached hydrogens (tertiary/aromatic N) is 5. The van der Waals surface area contributed by atoms with Crippen molar-refractivity contribution in [1.29, 1.82) is 0 Å². The normalized spacial score (nSPS) is 16.9. The van der Waals surface area contributed by atoms with Gasteiger partial charge in [-0.15, -0.1) is 0 Å². The Balaban J connectivity index is 0.000000215. The van der Waals surface area contributed by atoms with Gasteiger partial charge in [0.05, 0.1) is 24.2 Å². The number of hydrogen-bond donors (Lipinski definition) is 3. The second kappa shape index (κ2) is 14.5. The molecule has 0 aromatic carbocycles. The van der Waals surface area contributed by atoms with E-state index in [2.05, 4.69) is 27.8 Å². The van der Waals surface area contributed by atoms with Crippen molar-refractivity contribution in [3.05, 3.63) is 72.1 Å². The van der Waals surface area contributed by atoms with Gasteiger partial charge in [0, 0.05) is 32.0 Å². The van der Waals surface area contributed by atoms with Crippen molar-refractivity contribution in [2.75, 3.05) is 54.5 Å². The van der Waals surface area contributed by atoms with Crippen LogP contribution in [0.3, 0.4) is 0 Å². The molecule has 3 N–H and O–H groups in total. The molecule has 0 radical (unpaired) electrons. The highest BCUT2D eigenvalue weighted by Gasteiger charge is 2.38. The first kappa shape index (κ1) is 35.3. The fourth-order valence-electron chi connectivity index (χ4n) is 4.68. The Kier molecular flexibility index (Phi) is 10.9. The zero-order chi connectivity index (χ0) is 34.5. The number of pyridine rings is 2. The van der Waals surface area contributed by atoms with Gasteiger partial charge in [0.2, 0.25) is 11.8 Å². The summed E-state index contributed by atoms with van der Waals surface area (Å²) in [7, 11) is -7.66. The molecule has 0 saturated heterocycles. The van der Waals surface area contributed by atoms with Crippen molar-refractivity contribution >= 4 is 43.7 Å². The predicted octanol–water partition coefficient (Wildman–Crippen LogP) is 2.07. The van der Waals surface area contributed by atoms with E-state index < -0.39 is 32.4 Å². The van der Waals surface area contributed by atoms with Crippen LogP contribution in [0, 0.1) is 5.92 Å². The van der Waals surface area contributed by atoms with Crippen LogP contribution < -0.4 is 22.8 Å². The number of rotatable bonds is 11. The molecule has 0 bridgehead atoms. The van der Waals surface area contributed by atoms with E-state index >= 15 is 0 Å². The standard InChI is InChI=1S/C16H17N3O5S.C13H19N3O5S/c1-3-11-9-18(10-12(11)4-2)25(22,23)19-5-6-24-15-14(19)7-13(8-17-15)16(20)21;1-3-9(2)7-15-22(19,20)16-4-5-21-12-11(16)6-10(8-14-12)13(17)18/h3-4,7-8H,1-2,5-6,9-10H2,(H,20,21);6,8-9,15H,3-5,7H2,1-2H3,(H,17,18). The lowest BCUT2D eigenvalue weighted by molar-refractivity contribution is 0.0685. The third-order valence-electron chi connectivity index (χ3n) is 7.57. The minimum absolute atomic E-state index is 0.0728. The molecule has 1 unspecified atom stereocenters. The first-order valence-corrected chi connectivity index (χ1v) is 17.3. The number of ether oxygens (including phenoxy) is 2. The molecule has 16 nitrogen and oxygen atoms in total. The van der Waals surface area contributed by atoms with Crippen molar-refractivity contribution < 1.29 is 46.1 Å². The molecule has 2 aromatic heterocycles. The lowest BCUT2D eigenvalue weighted by atomic mass is 10.1. The zero-order valence-electron chi connectivity index (χ0n) is 25.8. The number of carboxylic acid groups (broad SMARTS) is 2. The van der Waals surface area contributed by atoms with E-state index in [1.807, 2.05) is 13.8 Å². The topological polar surface area (TPSA) is 209 Å². The predicted molar refractivity (Wildman–Crippen MR) is 172 cm³/mol. The van der Waals surface area contributed by atoms with Crippen LogP contribution >= 0.6 is 0 Å². The summed E-state index contributed by atoms with van der Waals surface area (Å²) < 4.78 is 67.8. The summed E-state index contributed by atoms with van der Waals surface area (Å²) in [6, 6.07) is 2.51. The molecule has 0 fully saturated rings. The van der Waals surface area contributed by atoms with Crippen molar-refractivity contribution in [2.45, 2.75) is 20.3 Å². The Labute approximate surface area is 273 Å². The van der Waals surface area contributed by atoms with Gasteiger partial charge in [-0.05, 0) is 29.2 Å². The molecule has 2 aromatic rings. The minimum Gasteiger partial charge on any atom is -0.478 e. The van der Waals surface area contributed by atoms with Crippen LogP contribution in [0.4, 0.5) is 11.4 Å². The van der Waals surface area contributed by atoms with Crippen LogP contribution in [0.1, 0.15) is 41.0 Å². The van der Waals surface area contributed by atoms with Gasteiger partial charge in [-0.25, -0.2) is 28.2 Å². The molecule has 0 saturated carbocycles. The summed E-state index contributed by atoms with van der Waals surface area (Å²) in [6.45, 7) is 12.5. The van der Waals surface area contributed by atoms with Crippen molar-refractivity contribution in [3.8, 4) is 11.8 Å². The maximum absolute atomic E-state index is 13.1. The lowest BCUT2D eigenvalue weighted by Gasteiger charge is -2.32. The molecule has 254 valence electrons. The number of carboxylic acids is 2. The molecular weight excluding hydrogens is 656 g/mol. The third kappa shape index (κ3) is 7.73. The number of fused-ring (bicyclic) bond motifs is 2. The Morgan fingerprint density at radius 1 is 0.915 bits per heavy atom. The zero-order valence-corrected chi connectivity index (χ0v) is 27.5. The Bertz CT molecular complexity index is 1790. The van der Waals surface area contributed by atoms with Gasteiger partial charge in [-0.2, -0.15) is 25.9 Å². The molecule has 0 aliphatic carbocycles. The molecule has 1 atom stereocenters. The smallest absolute Gasteiger partial charge is 0.337 e. The highest BCUT2D eigenvalue weighted by atomic mass is 32.2. The van der Waals surface area contributed by atoms with Gasteiger partial charge in [0.1, 0.15) is 24.6 Å². The van der Waals surface area contributed by atoms with E-state index in [4.69, 9.17) is 19.7 Å². The minimum atomic E-state index is -3.89. The molecule has 3 aliphatic rings. The third-order valence-corrected chi connectivity index (χ3v) is 10.9. The van der Waals surface area contributed by atoms with Crippen LogP contribution in [0.15, 0.2) is 61.0 Å². The number of anilines is 2. The fourth-order valence-corrected chi connectivity index (χ4v) is 7.60. The van der Waals surface area contributed by atoms with Crippen LogP contribution in [0.25, 0.3) is 0 Å². The maximum Gasteiger partial charge on any atom is 0.337 e. The molecule has 3 aliphatic heterocycles. The SMILES string of the molecule is C=CC1=C(C=C)CN(S(=O)(=O)N2CCOc3ncc(C(=O)O)cc32)C1.CCC(C)CNS(=O)(=O)N1CCOc2ncc(C(=O)O)cc21. The second-order valence-electron chi connectivity index (χ2n) is 10.6. The fraction of sp³-hybridized carbons (Fsp3) is 0.379. The largest absolute Gasteiger partial charge is 0.478 e. The Morgan fingerprint density at radius 3 is 1.83 bits per heavy atom. The number of aromatic nitrogens is 2. The summed E-state index contributed by atoms with van der Waals surface area (Å²) in [6.07, 6.45) is 6.37. The van der Waals surface area contributed by atoms with Gasteiger partial charge < -0.3 is 19.7 Å². The summed E-state index contributed by atoms with van der Waals surface area (Å²) in [5.41, 5.74) is 1.66. The molecular formula is C29H36N6O10S2. The Morgan fingerprint density at radius 2 is 1.38 bits per heavy atom. The maximum atomic E-state index is 13.1. The van der Waals surface area contributed by atoms with Gasteiger partial charge in [0.15, 0.2) is 0 Å². The van der Waals surface area contributed by atoms with Crippen LogP contribution in [-0.4, -0.2) is 99.2 Å². The molecule has 18 heteroatoms. The van der Waals surface area contributed by atoms with E-state index in [0.29, 0.717) is 6.54 Å². The molecule has 0 amide bonds. The van der Waals surface area contributed by atoms with Gasteiger partial charge >= 0.3 is 32.4 Å². The van der Waals surface area contributed by atoms with E-state index in [9.17, 15) is 26.4 Å². The summed E-state index contributed by atoms with van der Waals surface area (Å²) in [5, 5.41) is 18.2. The average Bonchev–Trinajstić information content (AvgIpc) is 3.51. The molecule has 47 heavy (non-hydrogen) atoms. The first-order chi connectivity index (χ1) is 22.2. The van der Waals surface area contributed by atoms with Gasteiger partial charge in [-0.1, -0.05) is 45.6 Å². The van der Waals surface area contributed by atoms with Gasteiger partial charge in [0.25, 0.3) is 0 Å². The van der Waals surface area contributed by atoms with E-state index in [1.54, 1.807) is 12.2 Å². The van der Waals surface area contributed by atoms with E-state index in [0.717, 1.165) is 38.6 Å². The van der Waals surface area contributed by atoms with Crippen LogP contribution in [-0.2, 0) is 20.4 Å². The van der Waals surface area contributed by atoms with Crippen LogP contribution in [0.5, 0.6) is 11.8 Å². The number of hydrogen-bond acceptors (Lipinski definition) is 10. The first-order valence-electron chi connectivity index (χ1n) is 14.5. The Hall–Kier alpha value is -4.52. The summed E-state index contributed by atoms with van der Waals surface area (Å²) in [5.74, 6) is -1.95. The van der Waals surface area contributed by atoms with Crippen molar-refractivity contribution in [2.24, 2.45) is 5.92 Å². The van der Waals surface area contributed by atoms with E-state index in [1.165, 1.54) is 16.4 Å². The number of nitrogens with one attached hydrogen (secondary N) is 1. The number of aromatic carboxylic acids is 2. The molecule has 0 spiro atoms. The molecule has 5 rings (SSSR count). The van der Waals surface area contributed by atoms with Crippen LogP contribution in [0.2, 0.25) is 0 Å². The second-order valence-corrected chi connectivity index (χ2v) is 14.2. The quantitative estimate of drug-likeness (QED) is 0.309. The van der Waals surface area contributed by atoms with Crippen molar-refractivity contribution in [3.63, 3.8) is 0 Å². The summed E-state index contributed by atoms with van der Waals surface area (Å²) >= 11 is 0. The lowest BCUT2D eigenvalue weighted by Crippen LogP contribution is -2.46. The van der Waals surface area contributed by atoms with Crippen molar-refractivity contribution in [1.82, 2.24) is 19.0 Å². The highest BCUT2D eigenvalue weighted by molar-refractivity contribution is 7.91. The summed E-state index contributed by atoms with van der Waals surface area (Å²) in [4.78, 5) is 30.0. The molecule has 5 heterocycles. The average molecular weight is 693 g/mol. The van der Waals surface area contributed by atoms with E-state index in [-0.39, 0.29) is 79.6 Å². The highest BCUT2D eigenvalue weighted by Crippen LogP contribution is 2.35.